The summed E-state index contributed by atoms with van der Waals surface area (Å²) in [6.45, 7) is 9.03. The van der Waals surface area contributed by atoms with Gasteiger partial charge < -0.3 is 5.32 Å². The largest absolute Gasteiger partial charge is 0.346 e. The van der Waals surface area contributed by atoms with Gasteiger partial charge in [-0.3, -0.25) is 4.79 Å². The SMILES string of the molecule is Cc1cc(C)c([C@@H](C)NC(=O)c2ccc(Cl)c(S(=O)(=O)N3CCCCC3)c2)cc1C. The zero-order valence-electron chi connectivity index (χ0n) is 18.0. The Balaban J connectivity index is 1.85. The van der Waals surface area contributed by atoms with E-state index in [4.69, 9.17) is 11.6 Å². The molecular weight excluding hydrogens is 420 g/mol. The average molecular weight is 449 g/mol. The second-order valence-electron chi connectivity index (χ2n) is 8.10. The van der Waals surface area contributed by atoms with Gasteiger partial charge in [-0.2, -0.15) is 4.31 Å². The highest BCUT2D eigenvalue weighted by Crippen LogP contribution is 2.28. The van der Waals surface area contributed by atoms with E-state index in [2.05, 4.69) is 24.4 Å². The van der Waals surface area contributed by atoms with Gasteiger partial charge in [-0.25, -0.2) is 8.42 Å². The minimum Gasteiger partial charge on any atom is -0.346 e. The van der Waals surface area contributed by atoms with Crippen molar-refractivity contribution in [1.82, 2.24) is 9.62 Å². The molecule has 1 aliphatic heterocycles. The Morgan fingerprint density at radius 1 is 1.00 bits per heavy atom. The highest BCUT2D eigenvalue weighted by atomic mass is 35.5. The number of amides is 1. The zero-order valence-corrected chi connectivity index (χ0v) is 19.5. The summed E-state index contributed by atoms with van der Waals surface area (Å²) in [5, 5.41) is 3.12. The van der Waals surface area contributed by atoms with Gasteiger partial charge in [0.2, 0.25) is 10.0 Å². The van der Waals surface area contributed by atoms with Crippen LogP contribution >= 0.6 is 11.6 Å². The monoisotopic (exact) mass is 448 g/mol. The molecule has 3 rings (SSSR count). The molecule has 1 fully saturated rings. The first-order chi connectivity index (χ1) is 14.1. The predicted octanol–water partition coefficient (Wildman–Crippen LogP) is 4.93. The molecule has 5 nitrogen and oxygen atoms in total. The Hall–Kier alpha value is -1.89. The van der Waals surface area contributed by atoms with Crippen LogP contribution in [0.25, 0.3) is 0 Å². The second kappa shape index (κ2) is 9.08. The Morgan fingerprint density at radius 3 is 2.30 bits per heavy atom. The van der Waals surface area contributed by atoms with E-state index in [0.29, 0.717) is 13.1 Å². The number of sulfonamides is 1. The van der Waals surface area contributed by atoms with Gasteiger partial charge in [0.05, 0.1) is 11.1 Å². The molecule has 0 spiro atoms. The molecule has 0 unspecified atom stereocenters. The number of carbonyl (C=O) groups excluding carboxylic acids is 1. The molecule has 1 atom stereocenters. The molecule has 1 aliphatic rings. The summed E-state index contributed by atoms with van der Waals surface area (Å²) in [4.78, 5) is 12.9. The van der Waals surface area contributed by atoms with Crippen molar-refractivity contribution in [2.24, 2.45) is 0 Å². The van der Waals surface area contributed by atoms with Gasteiger partial charge in [0.15, 0.2) is 0 Å². The first-order valence-corrected chi connectivity index (χ1v) is 12.1. The van der Waals surface area contributed by atoms with Crippen LogP contribution in [0.3, 0.4) is 0 Å². The van der Waals surface area contributed by atoms with Crippen LogP contribution in [-0.4, -0.2) is 31.7 Å². The van der Waals surface area contributed by atoms with Crippen LogP contribution in [0.4, 0.5) is 0 Å². The molecule has 2 aromatic carbocycles. The minimum atomic E-state index is -3.73. The molecule has 0 aromatic heterocycles. The van der Waals surface area contributed by atoms with Gasteiger partial charge in [0, 0.05) is 18.7 Å². The summed E-state index contributed by atoms with van der Waals surface area (Å²) >= 11 is 6.22. The number of piperidine rings is 1. The number of halogens is 1. The fraction of sp³-hybridized carbons (Fsp3) is 0.435. The lowest BCUT2D eigenvalue weighted by Gasteiger charge is -2.26. The molecular formula is C23H29ClN2O3S. The summed E-state index contributed by atoms with van der Waals surface area (Å²) < 4.78 is 27.6. The third-order valence-electron chi connectivity index (χ3n) is 5.82. The van der Waals surface area contributed by atoms with Crippen molar-refractivity contribution in [3.63, 3.8) is 0 Å². The van der Waals surface area contributed by atoms with E-state index < -0.39 is 10.0 Å². The number of hydrogen-bond donors (Lipinski definition) is 1. The molecule has 1 amide bonds. The van der Waals surface area contributed by atoms with E-state index in [1.54, 1.807) is 6.07 Å². The number of hydrogen-bond acceptors (Lipinski definition) is 3. The van der Waals surface area contributed by atoms with Crippen LogP contribution in [0, 0.1) is 20.8 Å². The van der Waals surface area contributed by atoms with Gasteiger partial charge in [0.25, 0.3) is 5.91 Å². The van der Waals surface area contributed by atoms with Gasteiger partial charge in [-0.1, -0.05) is 30.2 Å². The first kappa shape index (κ1) is 22.8. The molecule has 162 valence electrons. The number of rotatable bonds is 5. The van der Waals surface area contributed by atoms with E-state index >= 15 is 0 Å². The topological polar surface area (TPSA) is 66.5 Å². The normalized spacial score (nSPS) is 16.3. The number of nitrogens with zero attached hydrogens (tertiary/aromatic N) is 1. The lowest BCUT2D eigenvalue weighted by molar-refractivity contribution is 0.0939. The van der Waals surface area contributed by atoms with Crippen molar-refractivity contribution in [3.05, 3.63) is 63.2 Å². The lowest BCUT2D eigenvalue weighted by atomic mass is 9.96. The molecule has 2 aromatic rings. The fourth-order valence-electron chi connectivity index (χ4n) is 3.89. The number of benzene rings is 2. The molecule has 0 bridgehead atoms. The summed E-state index contributed by atoms with van der Waals surface area (Å²) in [5.41, 5.74) is 4.80. The highest BCUT2D eigenvalue weighted by molar-refractivity contribution is 7.89. The number of nitrogens with one attached hydrogen (secondary N) is 1. The molecule has 0 aliphatic carbocycles. The van der Waals surface area contributed by atoms with Crippen molar-refractivity contribution in [2.45, 2.75) is 57.9 Å². The Kier molecular flexibility index (Phi) is 6.90. The van der Waals surface area contributed by atoms with E-state index in [0.717, 1.165) is 36.0 Å². The molecule has 1 N–H and O–H groups in total. The van der Waals surface area contributed by atoms with Crippen molar-refractivity contribution < 1.29 is 13.2 Å². The molecule has 0 saturated carbocycles. The van der Waals surface area contributed by atoms with Crippen LogP contribution in [0.5, 0.6) is 0 Å². The standard InChI is InChI=1S/C23H29ClN2O3S/c1-15-12-17(3)20(13-16(15)2)18(4)25-23(27)19-8-9-21(24)22(14-19)30(28,29)26-10-6-5-7-11-26/h8-9,12-14,18H,5-7,10-11H2,1-4H3,(H,25,27)/t18-/m1/s1. The maximum absolute atomic E-state index is 13.1. The van der Waals surface area contributed by atoms with Crippen LogP contribution in [0.15, 0.2) is 35.2 Å². The second-order valence-corrected chi connectivity index (χ2v) is 10.4. The smallest absolute Gasteiger partial charge is 0.251 e. The van der Waals surface area contributed by atoms with E-state index in [1.807, 2.05) is 20.8 Å². The van der Waals surface area contributed by atoms with Crippen molar-refractivity contribution in [2.75, 3.05) is 13.1 Å². The molecule has 1 heterocycles. The maximum Gasteiger partial charge on any atom is 0.251 e. The average Bonchev–Trinajstić information content (AvgIpc) is 2.71. The predicted molar refractivity (Wildman–Crippen MR) is 121 cm³/mol. The Bertz CT molecular complexity index is 1060. The van der Waals surface area contributed by atoms with Gasteiger partial charge in [-0.15, -0.1) is 0 Å². The lowest BCUT2D eigenvalue weighted by Crippen LogP contribution is -2.36. The molecule has 0 radical (unpaired) electrons. The number of carbonyl (C=O) groups is 1. The molecule has 1 saturated heterocycles. The summed E-state index contributed by atoms with van der Waals surface area (Å²) in [5.74, 6) is -0.327. The Morgan fingerprint density at radius 2 is 1.63 bits per heavy atom. The van der Waals surface area contributed by atoms with Gasteiger partial charge >= 0.3 is 0 Å². The van der Waals surface area contributed by atoms with Crippen molar-refractivity contribution >= 4 is 27.5 Å². The zero-order chi connectivity index (χ0) is 22.1. The van der Waals surface area contributed by atoms with E-state index in [-0.39, 0.29) is 27.4 Å². The number of aryl methyl sites for hydroxylation is 3. The van der Waals surface area contributed by atoms with E-state index in [9.17, 15) is 13.2 Å². The summed E-state index contributed by atoms with van der Waals surface area (Å²) in [7, 11) is -3.73. The van der Waals surface area contributed by atoms with Crippen LogP contribution in [-0.2, 0) is 10.0 Å². The third-order valence-corrected chi connectivity index (χ3v) is 8.20. The van der Waals surface area contributed by atoms with Gasteiger partial charge in [-0.05, 0) is 81.0 Å². The van der Waals surface area contributed by atoms with Crippen LogP contribution in [0.2, 0.25) is 5.02 Å². The highest BCUT2D eigenvalue weighted by Gasteiger charge is 2.29. The Labute approximate surface area is 184 Å². The van der Waals surface area contributed by atoms with Crippen LogP contribution < -0.4 is 5.32 Å². The summed E-state index contributed by atoms with van der Waals surface area (Å²) in [6.07, 6.45) is 2.70. The van der Waals surface area contributed by atoms with Crippen molar-refractivity contribution in [1.29, 1.82) is 0 Å². The van der Waals surface area contributed by atoms with E-state index in [1.165, 1.54) is 22.0 Å². The molecule has 30 heavy (non-hydrogen) atoms. The van der Waals surface area contributed by atoms with Gasteiger partial charge in [0.1, 0.15) is 4.90 Å². The minimum absolute atomic E-state index is 0.00580. The maximum atomic E-state index is 13.1. The molecule has 7 heteroatoms. The summed E-state index contributed by atoms with van der Waals surface area (Å²) in [6, 6.07) is 8.42. The fourth-order valence-corrected chi connectivity index (χ4v) is 5.91. The van der Waals surface area contributed by atoms with Crippen molar-refractivity contribution in [3.8, 4) is 0 Å². The quantitative estimate of drug-likeness (QED) is 0.705. The van der Waals surface area contributed by atoms with Crippen LogP contribution in [0.1, 0.15) is 64.8 Å². The third kappa shape index (κ3) is 4.71. The first-order valence-electron chi connectivity index (χ1n) is 10.3.